The van der Waals surface area contributed by atoms with Crippen LogP contribution in [0.2, 0.25) is 0 Å². The van der Waals surface area contributed by atoms with Gasteiger partial charge in [0, 0.05) is 30.2 Å². The highest BCUT2D eigenvalue weighted by atomic mass is 19.1. The molecule has 0 aromatic heterocycles. The summed E-state index contributed by atoms with van der Waals surface area (Å²) in [5, 5.41) is 16.2. The number of carbonyl (C=O) groups is 2. The van der Waals surface area contributed by atoms with Gasteiger partial charge in [-0.1, -0.05) is 48.5 Å². The molecule has 33 heavy (non-hydrogen) atoms. The first-order valence-corrected chi connectivity index (χ1v) is 10.6. The lowest BCUT2D eigenvalue weighted by molar-refractivity contribution is -0.139. The Bertz CT molecular complexity index is 1240. The Kier molecular flexibility index (Phi) is 5.30. The van der Waals surface area contributed by atoms with Crippen molar-refractivity contribution in [3.8, 4) is 11.1 Å². The Morgan fingerprint density at radius 3 is 2.33 bits per heavy atom. The maximum atomic E-state index is 13.4. The van der Waals surface area contributed by atoms with Crippen LogP contribution in [0.1, 0.15) is 29.0 Å². The minimum absolute atomic E-state index is 0.00165. The maximum Gasteiger partial charge on any atom is 0.407 e. The van der Waals surface area contributed by atoms with Crippen LogP contribution in [-0.2, 0) is 9.53 Å². The molecule has 2 N–H and O–H groups in total. The van der Waals surface area contributed by atoms with Crippen molar-refractivity contribution in [1.82, 2.24) is 10.6 Å². The van der Waals surface area contributed by atoms with E-state index >= 15 is 0 Å². The van der Waals surface area contributed by atoms with Crippen molar-refractivity contribution >= 4 is 23.3 Å². The molecule has 1 atom stereocenters. The van der Waals surface area contributed by atoms with E-state index in [1.54, 1.807) is 6.07 Å². The van der Waals surface area contributed by atoms with Gasteiger partial charge in [0.05, 0.1) is 5.69 Å². The number of aliphatic carboxylic acids is 1. The summed E-state index contributed by atoms with van der Waals surface area (Å²) < 4.78 is 18.9. The zero-order chi connectivity index (χ0) is 22.9. The molecule has 7 heteroatoms. The number of ether oxygens (including phenoxy) is 1. The minimum atomic E-state index is -1.21. The third-order valence-electron chi connectivity index (χ3n) is 6.02. The van der Waals surface area contributed by atoms with Gasteiger partial charge in [-0.3, -0.25) is 5.32 Å². The lowest BCUT2D eigenvalue weighted by Crippen LogP contribution is -2.41. The van der Waals surface area contributed by atoms with E-state index in [1.807, 2.05) is 48.5 Å². The second kappa shape index (κ2) is 8.43. The van der Waals surface area contributed by atoms with Crippen LogP contribution < -0.4 is 10.6 Å². The van der Waals surface area contributed by atoms with Crippen molar-refractivity contribution in [2.45, 2.75) is 18.4 Å². The van der Waals surface area contributed by atoms with Crippen LogP contribution in [-0.4, -0.2) is 29.8 Å². The molecule has 6 nitrogen and oxygen atoms in total. The summed E-state index contributed by atoms with van der Waals surface area (Å²) in [6.07, 6.45) is 0.695. The number of alkyl carbamates (subject to hydrolysis) is 1. The summed E-state index contributed by atoms with van der Waals surface area (Å²) in [6.45, 7) is 0.0896. The third kappa shape index (κ3) is 3.93. The standard InChI is InChI=1S/C26H20FN2O4/c27-16-9-10-17-15(13-28-23(17)12-16)11-24(25(30)31)29-26(32)33-14-22-20-7-3-1-5-18(20)19-6-2-4-8-21(19)22/h1-10,12-13,22,24H,11,14H2,(H,29,32)(H,30,31)/t24-/m0/s1. The summed E-state index contributed by atoms with van der Waals surface area (Å²) in [7, 11) is 0. The van der Waals surface area contributed by atoms with Gasteiger partial charge in [0.15, 0.2) is 0 Å². The molecule has 1 aliphatic heterocycles. The van der Waals surface area contributed by atoms with Gasteiger partial charge in [-0.05, 0) is 40.0 Å². The topological polar surface area (TPSA) is 89.7 Å². The number of carbonyl (C=O) groups excluding carboxylic acids is 1. The van der Waals surface area contributed by atoms with Gasteiger partial charge < -0.3 is 15.2 Å². The number of benzene rings is 3. The van der Waals surface area contributed by atoms with E-state index in [2.05, 4.69) is 10.6 Å². The summed E-state index contributed by atoms with van der Waals surface area (Å²) in [6, 6.07) is 18.9. The third-order valence-corrected chi connectivity index (χ3v) is 6.02. The number of nitrogens with one attached hydrogen (secondary N) is 1. The Labute approximate surface area is 189 Å². The van der Waals surface area contributed by atoms with Crippen LogP contribution in [0.5, 0.6) is 0 Å². The fraction of sp³-hybridized carbons (Fsp3) is 0.154. The lowest BCUT2D eigenvalue weighted by atomic mass is 9.98. The summed E-state index contributed by atoms with van der Waals surface area (Å²) in [5.74, 6) is -1.73. The number of halogens is 1. The first-order valence-electron chi connectivity index (χ1n) is 10.6. The average Bonchev–Trinajstić information content (AvgIpc) is 3.35. The van der Waals surface area contributed by atoms with Crippen LogP contribution in [0.4, 0.5) is 14.9 Å². The molecule has 0 spiro atoms. The lowest BCUT2D eigenvalue weighted by Gasteiger charge is -2.18. The van der Waals surface area contributed by atoms with E-state index in [1.165, 1.54) is 18.3 Å². The summed E-state index contributed by atoms with van der Waals surface area (Å²) in [5.41, 5.74) is 6.06. The van der Waals surface area contributed by atoms with Crippen molar-refractivity contribution in [2.75, 3.05) is 6.61 Å². The number of carboxylic acid groups (broad SMARTS) is 1. The second-order valence-corrected chi connectivity index (χ2v) is 8.01. The molecule has 0 saturated heterocycles. The molecule has 0 fully saturated rings. The molecule has 1 amide bonds. The highest BCUT2D eigenvalue weighted by Gasteiger charge is 2.30. The molecule has 5 rings (SSSR count). The van der Waals surface area contributed by atoms with Gasteiger partial charge in [0.25, 0.3) is 0 Å². The van der Waals surface area contributed by atoms with E-state index in [-0.39, 0.29) is 18.9 Å². The Morgan fingerprint density at radius 1 is 1.00 bits per heavy atom. The molecule has 0 saturated carbocycles. The highest BCUT2D eigenvalue weighted by Crippen LogP contribution is 2.44. The van der Waals surface area contributed by atoms with E-state index in [4.69, 9.17) is 4.74 Å². The molecular weight excluding hydrogens is 423 g/mol. The normalized spacial score (nSPS) is 14.4. The average molecular weight is 443 g/mol. The summed E-state index contributed by atoms with van der Waals surface area (Å²) in [4.78, 5) is 24.3. The molecule has 0 unspecified atom stereocenters. The van der Waals surface area contributed by atoms with Gasteiger partial charge in [0.1, 0.15) is 18.5 Å². The summed E-state index contributed by atoms with van der Waals surface area (Å²) >= 11 is 0. The second-order valence-electron chi connectivity index (χ2n) is 8.01. The van der Waals surface area contributed by atoms with Crippen LogP contribution in [0.25, 0.3) is 16.7 Å². The van der Waals surface area contributed by atoms with Crippen molar-refractivity contribution in [3.05, 3.63) is 95.4 Å². The smallest absolute Gasteiger partial charge is 0.407 e. The SMILES string of the molecule is O=C(N[C@@H](CC1=C[N]c2cc(F)ccc21)C(=O)O)OCC1c2ccccc2-c2ccccc21. The van der Waals surface area contributed by atoms with Crippen LogP contribution in [0.3, 0.4) is 0 Å². The van der Waals surface area contributed by atoms with Crippen molar-refractivity contribution in [2.24, 2.45) is 0 Å². The van der Waals surface area contributed by atoms with Crippen molar-refractivity contribution in [3.63, 3.8) is 0 Å². The zero-order valence-corrected chi connectivity index (χ0v) is 17.5. The maximum absolute atomic E-state index is 13.4. The number of fused-ring (bicyclic) bond motifs is 4. The molecule has 2 aliphatic rings. The van der Waals surface area contributed by atoms with Crippen LogP contribution >= 0.6 is 0 Å². The van der Waals surface area contributed by atoms with Gasteiger partial charge in [0.2, 0.25) is 0 Å². The molecule has 165 valence electrons. The number of rotatable bonds is 6. The van der Waals surface area contributed by atoms with Gasteiger partial charge >= 0.3 is 12.1 Å². The van der Waals surface area contributed by atoms with Gasteiger partial charge in [-0.15, -0.1) is 0 Å². The predicted molar refractivity (Wildman–Crippen MR) is 120 cm³/mol. The van der Waals surface area contributed by atoms with E-state index in [0.29, 0.717) is 16.8 Å². The van der Waals surface area contributed by atoms with Crippen molar-refractivity contribution in [1.29, 1.82) is 0 Å². The highest BCUT2D eigenvalue weighted by molar-refractivity contribution is 5.86. The number of hydrogen-bond acceptors (Lipinski definition) is 3. The van der Waals surface area contributed by atoms with E-state index in [0.717, 1.165) is 22.3 Å². The Morgan fingerprint density at radius 2 is 1.67 bits per heavy atom. The first-order chi connectivity index (χ1) is 16.0. The number of hydrogen-bond donors (Lipinski definition) is 2. The quantitative estimate of drug-likeness (QED) is 0.573. The molecular formula is C26H20FN2O4. The van der Waals surface area contributed by atoms with E-state index < -0.39 is 23.9 Å². The molecule has 1 aliphatic carbocycles. The fourth-order valence-electron chi connectivity index (χ4n) is 4.47. The molecule has 3 aromatic carbocycles. The van der Waals surface area contributed by atoms with Crippen LogP contribution in [0, 0.1) is 5.82 Å². The number of nitrogens with zero attached hydrogens (tertiary/aromatic N) is 1. The van der Waals surface area contributed by atoms with Gasteiger partial charge in [-0.25, -0.2) is 14.0 Å². The van der Waals surface area contributed by atoms with Crippen LogP contribution in [0.15, 0.2) is 72.9 Å². The fourth-order valence-corrected chi connectivity index (χ4v) is 4.47. The Hall–Kier alpha value is -4.13. The molecule has 1 radical (unpaired) electrons. The number of amides is 1. The predicted octanol–water partition coefficient (Wildman–Crippen LogP) is 4.80. The Balaban J connectivity index is 1.26. The molecule has 0 bridgehead atoms. The monoisotopic (exact) mass is 443 g/mol. The number of carboxylic acids is 1. The minimum Gasteiger partial charge on any atom is -0.480 e. The largest absolute Gasteiger partial charge is 0.480 e. The zero-order valence-electron chi connectivity index (χ0n) is 17.5. The van der Waals surface area contributed by atoms with Crippen molar-refractivity contribution < 1.29 is 23.8 Å². The molecule has 1 heterocycles. The first kappa shape index (κ1) is 20.8. The van der Waals surface area contributed by atoms with E-state index in [9.17, 15) is 19.1 Å². The molecule has 3 aromatic rings. The van der Waals surface area contributed by atoms with Gasteiger partial charge in [-0.2, -0.15) is 0 Å².